The molecule has 4 heterocycles. The van der Waals surface area contributed by atoms with Crippen molar-refractivity contribution < 1.29 is 20.3 Å². The minimum absolute atomic E-state index is 0. The van der Waals surface area contributed by atoms with Crippen molar-refractivity contribution in [1.29, 1.82) is 0 Å². The Bertz CT molecular complexity index is 593. The predicted molar refractivity (Wildman–Crippen MR) is 116 cm³/mol. The summed E-state index contributed by atoms with van der Waals surface area (Å²) < 4.78 is 1.14. The summed E-state index contributed by atoms with van der Waals surface area (Å²) in [4.78, 5) is 15.2. The number of hydrogen-bond donors (Lipinski definition) is 1. The van der Waals surface area contributed by atoms with Gasteiger partial charge in [0, 0.05) is 46.3 Å². The molecule has 0 radical (unpaired) electrons. The fraction of sp³-hybridized carbons (Fsp3) is 0.0769. The van der Waals surface area contributed by atoms with Crippen LogP contribution in [0.3, 0.4) is 0 Å². The summed E-state index contributed by atoms with van der Waals surface area (Å²) in [7, 11) is 0. The van der Waals surface area contributed by atoms with Crippen LogP contribution in [-0.2, 0) is 0 Å². The molecule has 0 fully saturated rings. The SMILES string of the molecule is CSc1nccs1.Nc1nccs1.[AlH3].[H-].[Li+].c1cscn1.c1cscn1. The number of thiazole rings is 4. The van der Waals surface area contributed by atoms with Crippen LogP contribution in [0.1, 0.15) is 1.43 Å². The van der Waals surface area contributed by atoms with E-state index in [9.17, 15) is 0 Å². The number of aromatic nitrogens is 4. The second-order valence-electron chi connectivity index (χ2n) is 3.22. The Hall–Kier alpha value is -0.200. The third kappa shape index (κ3) is 17.0. The van der Waals surface area contributed by atoms with Crippen LogP contribution in [0.5, 0.6) is 0 Å². The quantitative estimate of drug-likeness (QED) is 0.349. The molecule has 0 amide bonds. The van der Waals surface area contributed by atoms with Gasteiger partial charge in [-0.05, 0) is 6.26 Å². The van der Waals surface area contributed by atoms with Crippen LogP contribution in [0.25, 0.3) is 0 Å². The molecule has 12 heteroatoms. The predicted octanol–water partition coefficient (Wildman–Crippen LogP) is 0.809. The van der Waals surface area contributed by atoms with E-state index in [0.29, 0.717) is 5.13 Å². The minimum Gasteiger partial charge on any atom is -1.00 e. The molecule has 0 aliphatic rings. The topological polar surface area (TPSA) is 77.6 Å². The van der Waals surface area contributed by atoms with E-state index in [4.69, 9.17) is 5.73 Å². The maximum absolute atomic E-state index is 5.19. The van der Waals surface area contributed by atoms with Gasteiger partial charge in [-0.1, -0.05) is 11.8 Å². The zero-order valence-corrected chi connectivity index (χ0v) is 17.3. The van der Waals surface area contributed by atoms with Crippen LogP contribution in [-0.4, -0.2) is 43.6 Å². The van der Waals surface area contributed by atoms with E-state index >= 15 is 0 Å². The van der Waals surface area contributed by atoms with Crippen molar-refractivity contribution >= 4 is 79.6 Å². The fourth-order valence-electron chi connectivity index (χ4n) is 0.897. The van der Waals surface area contributed by atoms with E-state index in [1.54, 1.807) is 75.4 Å². The average molecular weight is 440 g/mol. The molecule has 0 aliphatic heterocycles. The smallest absolute Gasteiger partial charge is 1.00 e. The van der Waals surface area contributed by atoms with Crippen molar-refractivity contribution in [1.82, 2.24) is 19.9 Å². The molecule has 0 aliphatic carbocycles. The standard InChI is InChI=1S/C4H5NS2.C3H4N2S.2C3H3NS.Al.Li.4H/c1-6-4-5-2-3-7-4;4-3-5-1-2-6-3;2*1-2-5-3-4-1;;;;;;/h2-3H,1H3;1-2H,(H2,4,5);2*1-3H;;;;;;/q;;;;;+1;;;;-1. The van der Waals surface area contributed by atoms with Crippen LogP contribution in [0.2, 0.25) is 0 Å². The van der Waals surface area contributed by atoms with Crippen LogP contribution < -0.4 is 24.6 Å². The van der Waals surface area contributed by atoms with Crippen molar-refractivity contribution in [2.45, 2.75) is 4.34 Å². The Morgan fingerprint density at radius 2 is 1.44 bits per heavy atom. The second kappa shape index (κ2) is 20.1. The molecule has 5 nitrogen and oxygen atoms in total. The molecule has 0 saturated carbocycles. The number of thioether (sulfide) groups is 1. The first-order chi connectivity index (χ1) is 11.3. The van der Waals surface area contributed by atoms with E-state index in [1.807, 2.05) is 34.0 Å². The van der Waals surface area contributed by atoms with Gasteiger partial charge in [0.15, 0.2) is 22.5 Å². The minimum atomic E-state index is 0. The largest absolute Gasteiger partial charge is 1.00 e. The molecule has 4 rings (SSSR count). The number of rotatable bonds is 1. The molecule has 130 valence electrons. The number of hydrogen-bond acceptors (Lipinski definition) is 10. The third-order valence-electron chi connectivity index (χ3n) is 1.73. The zero-order chi connectivity index (χ0) is 16.6. The van der Waals surface area contributed by atoms with Crippen LogP contribution in [0.15, 0.2) is 61.7 Å². The van der Waals surface area contributed by atoms with Crippen molar-refractivity contribution in [2.24, 2.45) is 0 Å². The number of anilines is 1. The second-order valence-corrected chi connectivity index (χ2v) is 7.61. The monoisotopic (exact) mass is 439 g/mol. The van der Waals surface area contributed by atoms with Crippen LogP contribution in [0.4, 0.5) is 5.13 Å². The third-order valence-corrected chi connectivity index (χ3v) is 5.19. The fourth-order valence-corrected chi connectivity index (χ4v) is 3.06. The first kappa shape index (κ1) is 27.0. The Labute approximate surface area is 192 Å². The van der Waals surface area contributed by atoms with E-state index in [2.05, 4.69) is 19.9 Å². The molecule has 0 saturated heterocycles. The molecule has 0 atom stereocenters. The van der Waals surface area contributed by atoms with Gasteiger partial charge in [0.05, 0.1) is 11.0 Å². The molecule has 4 aromatic rings. The van der Waals surface area contributed by atoms with Crippen LogP contribution >= 0.6 is 57.1 Å². The maximum atomic E-state index is 5.19. The van der Waals surface area contributed by atoms with E-state index in [-0.39, 0.29) is 37.6 Å². The van der Waals surface area contributed by atoms with E-state index < -0.39 is 0 Å². The summed E-state index contributed by atoms with van der Waals surface area (Å²) in [6, 6.07) is 0. The Morgan fingerprint density at radius 3 is 1.60 bits per heavy atom. The van der Waals surface area contributed by atoms with Gasteiger partial charge in [0.2, 0.25) is 0 Å². The number of nitrogens with two attached hydrogens (primary N) is 1. The van der Waals surface area contributed by atoms with Crippen molar-refractivity contribution in [3.63, 3.8) is 0 Å². The molecule has 4 aromatic heterocycles. The Kier molecular flexibility index (Phi) is 21.7. The van der Waals surface area contributed by atoms with E-state index in [0.717, 1.165) is 4.34 Å². The van der Waals surface area contributed by atoms with Gasteiger partial charge in [0.1, 0.15) is 4.34 Å². The molecule has 0 aromatic carbocycles. The van der Waals surface area contributed by atoms with Gasteiger partial charge < -0.3 is 7.16 Å². The molecule has 2 N–H and O–H groups in total. The molecule has 25 heavy (non-hydrogen) atoms. The van der Waals surface area contributed by atoms with Gasteiger partial charge >= 0.3 is 18.9 Å². The van der Waals surface area contributed by atoms with Gasteiger partial charge in [-0.3, -0.25) is 9.97 Å². The zero-order valence-electron chi connectivity index (χ0n) is 14.2. The summed E-state index contributed by atoms with van der Waals surface area (Å²) in [5, 5.41) is 8.32. The molecular weight excluding hydrogens is 420 g/mol. The average Bonchev–Trinajstić information content (AvgIpc) is 3.40. The summed E-state index contributed by atoms with van der Waals surface area (Å²) in [6.07, 6.45) is 9.06. The van der Waals surface area contributed by atoms with Crippen LogP contribution in [0, 0.1) is 0 Å². The number of nitrogens with zero attached hydrogens (tertiary/aromatic N) is 4. The maximum Gasteiger partial charge on any atom is 1.00 e. The molecule has 0 spiro atoms. The van der Waals surface area contributed by atoms with Gasteiger partial charge in [0.25, 0.3) is 0 Å². The molecular formula is C13H19AlLiN5S5. The Balaban J connectivity index is -0.000000263. The summed E-state index contributed by atoms with van der Waals surface area (Å²) in [6.45, 7) is 0. The molecule has 0 bridgehead atoms. The molecule has 0 unspecified atom stereocenters. The summed E-state index contributed by atoms with van der Waals surface area (Å²) >= 11 is 8.01. The first-order valence-corrected chi connectivity index (χ1v) is 10.9. The summed E-state index contributed by atoms with van der Waals surface area (Å²) in [5.41, 5.74) is 8.77. The van der Waals surface area contributed by atoms with Crippen molar-refractivity contribution in [3.05, 3.63) is 57.3 Å². The van der Waals surface area contributed by atoms with Gasteiger partial charge in [-0.25, -0.2) is 9.97 Å². The van der Waals surface area contributed by atoms with Gasteiger partial charge in [-0.2, -0.15) is 0 Å². The van der Waals surface area contributed by atoms with Gasteiger partial charge in [-0.15, -0.1) is 45.3 Å². The van der Waals surface area contributed by atoms with Crippen molar-refractivity contribution in [3.8, 4) is 0 Å². The first-order valence-electron chi connectivity index (χ1n) is 6.05. The number of nitrogen functional groups attached to an aromatic ring is 1. The van der Waals surface area contributed by atoms with Crippen molar-refractivity contribution in [2.75, 3.05) is 12.0 Å². The summed E-state index contributed by atoms with van der Waals surface area (Å²) in [5.74, 6) is 0. The Morgan fingerprint density at radius 1 is 0.880 bits per heavy atom. The normalized spacial score (nSPS) is 7.88. The van der Waals surface area contributed by atoms with E-state index in [1.165, 1.54) is 11.3 Å².